The summed E-state index contributed by atoms with van der Waals surface area (Å²) in [6.07, 6.45) is 2.08. The van der Waals surface area contributed by atoms with Crippen LogP contribution in [0.4, 0.5) is 5.69 Å². The molecular weight excluding hydrogens is 342 g/mol. The van der Waals surface area contributed by atoms with Gasteiger partial charge in [-0.3, -0.25) is 4.31 Å². The summed E-state index contributed by atoms with van der Waals surface area (Å²) in [6, 6.07) is 24.5. The SMILES string of the molecule is Cc1ccc(S(=O)(=O)N2CC(c3ccccc3)=Cc3ccccc32)cc1. The lowest BCUT2D eigenvalue weighted by Gasteiger charge is -2.31. The van der Waals surface area contributed by atoms with Crippen LogP contribution in [-0.4, -0.2) is 15.0 Å². The van der Waals surface area contributed by atoms with Gasteiger partial charge in [0.05, 0.1) is 17.1 Å². The van der Waals surface area contributed by atoms with Crippen molar-refractivity contribution < 1.29 is 8.42 Å². The Morgan fingerprint density at radius 1 is 0.808 bits per heavy atom. The molecule has 3 aromatic carbocycles. The van der Waals surface area contributed by atoms with Crippen molar-refractivity contribution in [2.24, 2.45) is 0 Å². The van der Waals surface area contributed by atoms with Crippen LogP contribution >= 0.6 is 0 Å². The van der Waals surface area contributed by atoms with Crippen LogP contribution < -0.4 is 4.31 Å². The van der Waals surface area contributed by atoms with Gasteiger partial charge in [0.1, 0.15) is 0 Å². The second-order valence-electron chi connectivity index (χ2n) is 6.42. The molecule has 0 saturated carbocycles. The highest BCUT2D eigenvalue weighted by atomic mass is 32.2. The number of rotatable bonds is 3. The van der Waals surface area contributed by atoms with Crippen LogP contribution in [0, 0.1) is 6.92 Å². The van der Waals surface area contributed by atoms with Gasteiger partial charge >= 0.3 is 0 Å². The summed E-state index contributed by atoms with van der Waals surface area (Å²) in [5, 5.41) is 0. The molecule has 4 heteroatoms. The molecule has 0 unspecified atom stereocenters. The van der Waals surface area contributed by atoms with Gasteiger partial charge in [-0.2, -0.15) is 0 Å². The summed E-state index contributed by atoms with van der Waals surface area (Å²) in [5.41, 5.74) is 4.68. The molecule has 1 aliphatic rings. The van der Waals surface area contributed by atoms with Crippen LogP contribution in [0.5, 0.6) is 0 Å². The fraction of sp³-hybridized carbons (Fsp3) is 0.0909. The van der Waals surface area contributed by atoms with E-state index < -0.39 is 10.0 Å². The Kier molecular flexibility index (Phi) is 4.13. The van der Waals surface area contributed by atoms with Crippen molar-refractivity contribution >= 4 is 27.4 Å². The molecule has 4 rings (SSSR count). The first-order valence-electron chi connectivity index (χ1n) is 8.50. The lowest BCUT2D eigenvalue weighted by Crippen LogP contribution is -2.34. The zero-order valence-electron chi connectivity index (χ0n) is 14.5. The molecular formula is C22H19NO2S. The highest BCUT2D eigenvalue weighted by molar-refractivity contribution is 7.92. The van der Waals surface area contributed by atoms with E-state index in [-0.39, 0.29) is 0 Å². The van der Waals surface area contributed by atoms with Gasteiger partial charge in [0.15, 0.2) is 0 Å². The Bertz CT molecular complexity index is 1070. The van der Waals surface area contributed by atoms with E-state index in [4.69, 9.17) is 0 Å². The molecule has 0 aromatic heterocycles. The molecule has 3 aromatic rings. The summed E-state index contributed by atoms with van der Waals surface area (Å²) in [4.78, 5) is 0.312. The van der Waals surface area contributed by atoms with E-state index >= 15 is 0 Å². The monoisotopic (exact) mass is 361 g/mol. The van der Waals surface area contributed by atoms with Crippen LogP contribution in [0.25, 0.3) is 11.6 Å². The van der Waals surface area contributed by atoms with Crippen molar-refractivity contribution in [1.29, 1.82) is 0 Å². The van der Waals surface area contributed by atoms with E-state index in [2.05, 4.69) is 6.08 Å². The molecule has 0 saturated heterocycles. The van der Waals surface area contributed by atoms with Gasteiger partial charge in [-0.25, -0.2) is 8.42 Å². The van der Waals surface area contributed by atoms with Crippen molar-refractivity contribution in [1.82, 2.24) is 0 Å². The number of sulfonamides is 1. The fourth-order valence-electron chi connectivity index (χ4n) is 3.19. The van der Waals surface area contributed by atoms with Gasteiger partial charge < -0.3 is 0 Å². The fourth-order valence-corrected chi connectivity index (χ4v) is 4.66. The molecule has 26 heavy (non-hydrogen) atoms. The third-order valence-corrected chi connectivity index (χ3v) is 6.38. The van der Waals surface area contributed by atoms with E-state index in [0.717, 1.165) is 22.3 Å². The largest absolute Gasteiger partial charge is 0.264 e. The van der Waals surface area contributed by atoms with Crippen molar-refractivity contribution in [3.05, 3.63) is 95.6 Å². The zero-order chi connectivity index (χ0) is 18.1. The van der Waals surface area contributed by atoms with Gasteiger partial charge in [0.2, 0.25) is 0 Å². The predicted molar refractivity (Wildman–Crippen MR) is 106 cm³/mol. The molecule has 0 N–H and O–H groups in total. The van der Waals surface area contributed by atoms with E-state index in [9.17, 15) is 8.42 Å². The molecule has 0 radical (unpaired) electrons. The van der Waals surface area contributed by atoms with Gasteiger partial charge in [0.25, 0.3) is 10.0 Å². The molecule has 1 aliphatic heterocycles. The second-order valence-corrected chi connectivity index (χ2v) is 8.28. The normalized spacial score (nSPS) is 13.9. The maximum absolute atomic E-state index is 13.3. The topological polar surface area (TPSA) is 37.4 Å². The van der Waals surface area contributed by atoms with Crippen LogP contribution in [0.2, 0.25) is 0 Å². The van der Waals surface area contributed by atoms with E-state index in [1.54, 1.807) is 12.1 Å². The summed E-state index contributed by atoms with van der Waals surface area (Å²) in [7, 11) is -3.64. The first-order valence-corrected chi connectivity index (χ1v) is 9.94. The van der Waals surface area contributed by atoms with Crippen LogP contribution in [-0.2, 0) is 10.0 Å². The molecule has 0 spiro atoms. The maximum Gasteiger partial charge on any atom is 0.264 e. The summed E-state index contributed by atoms with van der Waals surface area (Å²) >= 11 is 0. The molecule has 3 nitrogen and oxygen atoms in total. The smallest absolute Gasteiger partial charge is 0.261 e. The van der Waals surface area contributed by atoms with Crippen molar-refractivity contribution in [2.45, 2.75) is 11.8 Å². The van der Waals surface area contributed by atoms with Crippen LogP contribution in [0.15, 0.2) is 83.8 Å². The molecule has 1 heterocycles. The Morgan fingerprint density at radius 2 is 1.46 bits per heavy atom. The lowest BCUT2D eigenvalue weighted by molar-refractivity contribution is 0.593. The summed E-state index contributed by atoms with van der Waals surface area (Å²) in [5.74, 6) is 0. The Morgan fingerprint density at radius 3 is 2.19 bits per heavy atom. The minimum Gasteiger partial charge on any atom is -0.261 e. The average molecular weight is 361 g/mol. The highest BCUT2D eigenvalue weighted by Crippen LogP contribution is 2.36. The Labute approximate surface area is 154 Å². The summed E-state index contributed by atoms with van der Waals surface area (Å²) in [6.45, 7) is 2.26. The molecule has 130 valence electrons. The summed E-state index contributed by atoms with van der Waals surface area (Å²) < 4.78 is 28.2. The molecule has 0 bridgehead atoms. The quantitative estimate of drug-likeness (QED) is 0.675. The zero-order valence-corrected chi connectivity index (χ0v) is 15.3. The predicted octanol–water partition coefficient (Wildman–Crippen LogP) is 4.74. The maximum atomic E-state index is 13.3. The number of hydrogen-bond acceptors (Lipinski definition) is 2. The lowest BCUT2D eigenvalue weighted by atomic mass is 9.99. The van der Waals surface area contributed by atoms with Gasteiger partial charge in [-0.15, -0.1) is 0 Å². The molecule has 0 atom stereocenters. The third kappa shape index (κ3) is 2.93. The first-order chi connectivity index (χ1) is 12.6. The van der Waals surface area contributed by atoms with Gasteiger partial charge in [-0.05, 0) is 47.9 Å². The highest BCUT2D eigenvalue weighted by Gasteiger charge is 2.30. The van der Waals surface area contributed by atoms with Crippen molar-refractivity contribution in [3.63, 3.8) is 0 Å². The standard InChI is InChI=1S/C22H19NO2S/c1-17-11-13-21(14-12-17)26(24,25)23-16-20(18-7-3-2-4-8-18)15-19-9-5-6-10-22(19)23/h2-15H,16H2,1H3. The molecule has 0 amide bonds. The second kappa shape index (κ2) is 6.46. The van der Waals surface area contributed by atoms with E-state index in [1.165, 1.54) is 4.31 Å². The van der Waals surface area contributed by atoms with Crippen molar-refractivity contribution in [3.8, 4) is 0 Å². The number of aryl methyl sites for hydroxylation is 1. The minimum absolute atomic E-state index is 0.312. The van der Waals surface area contributed by atoms with Crippen molar-refractivity contribution in [2.75, 3.05) is 10.8 Å². The number of nitrogens with zero attached hydrogens (tertiary/aromatic N) is 1. The van der Waals surface area contributed by atoms with Gasteiger partial charge in [-0.1, -0.05) is 66.2 Å². The number of fused-ring (bicyclic) bond motifs is 1. The Balaban J connectivity index is 1.84. The molecule has 0 aliphatic carbocycles. The number of hydrogen-bond donors (Lipinski definition) is 0. The van der Waals surface area contributed by atoms with Gasteiger partial charge in [0, 0.05) is 0 Å². The van der Waals surface area contributed by atoms with Crippen LogP contribution in [0.1, 0.15) is 16.7 Å². The third-order valence-electron chi connectivity index (χ3n) is 4.60. The number of anilines is 1. The number of benzene rings is 3. The molecule has 0 fully saturated rings. The first kappa shape index (κ1) is 16.6. The van der Waals surface area contributed by atoms with Crippen LogP contribution in [0.3, 0.4) is 0 Å². The Hall–Kier alpha value is -2.85. The van der Waals surface area contributed by atoms with E-state index in [1.807, 2.05) is 73.7 Å². The van der Waals surface area contributed by atoms with E-state index in [0.29, 0.717) is 17.1 Å². The average Bonchev–Trinajstić information content (AvgIpc) is 2.68. The number of para-hydroxylation sites is 1. The minimum atomic E-state index is -3.64.